The summed E-state index contributed by atoms with van der Waals surface area (Å²) in [5.74, 6) is 0. The van der Waals surface area contributed by atoms with Crippen molar-refractivity contribution >= 4 is 33.8 Å². The quantitative estimate of drug-likeness (QED) is 0.490. The summed E-state index contributed by atoms with van der Waals surface area (Å²) in [5.41, 5.74) is 8.42. The Labute approximate surface area is 173 Å². The lowest BCUT2D eigenvalue weighted by Gasteiger charge is -2.58. The Bertz CT molecular complexity index is 1110. The lowest BCUT2D eigenvalue weighted by atomic mass is 9.44. The number of hydrogen-bond acceptors (Lipinski definition) is 2. The van der Waals surface area contributed by atoms with Gasteiger partial charge in [-0.15, -0.1) is 22.7 Å². The summed E-state index contributed by atoms with van der Waals surface area (Å²) in [6.45, 7) is 4.90. The first-order valence-corrected chi connectivity index (χ1v) is 11.4. The van der Waals surface area contributed by atoms with Gasteiger partial charge < -0.3 is 0 Å². The molecule has 2 aromatic rings. The van der Waals surface area contributed by atoms with E-state index < -0.39 is 0 Å². The van der Waals surface area contributed by atoms with Crippen molar-refractivity contribution in [1.29, 1.82) is 0 Å². The Balaban J connectivity index is 1.82. The molecule has 0 saturated carbocycles. The van der Waals surface area contributed by atoms with E-state index in [1.54, 1.807) is 0 Å². The van der Waals surface area contributed by atoms with Crippen molar-refractivity contribution in [3.05, 3.63) is 116 Å². The van der Waals surface area contributed by atoms with Gasteiger partial charge in [-0.1, -0.05) is 74.6 Å². The summed E-state index contributed by atoms with van der Waals surface area (Å²) < 4.78 is 0. The van der Waals surface area contributed by atoms with Crippen molar-refractivity contribution in [3.8, 4) is 0 Å². The molecule has 0 aromatic carbocycles. The molecule has 0 N–H and O–H groups in total. The molecule has 0 amide bonds. The largest absolute Gasteiger partial charge is 0.144 e. The van der Waals surface area contributed by atoms with E-state index in [-0.39, 0.29) is 10.8 Å². The molecule has 6 rings (SSSR count). The topological polar surface area (TPSA) is 0 Å². The molecule has 0 nitrogen and oxygen atoms in total. The molecular weight excluding hydrogens is 376 g/mol. The molecule has 4 aliphatic rings. The Morgan fingerprint density at radius 2 is 1.11 bits per heavy atom. The van der Waals surface area contributed by atoms with Crippen LogP contribution in [0.15, 0.2) is 106 Å². The van der Waals surface area contributed by atoms with Crippen molar-refractivity contribution in [2.75, 3.05) is 0 Å². The number of allylic oxidation sites excluding steroid dienone is 14. The van der Waals surface area contributed by atoms with Gasteiger partial charge in [0.1, 0.15) is 0 Å². The van der Waals surface area contributed by atoms with Crippen LogP contribution in [-0.4, -0.2) is 0 Å². The standard InChI is InChI=1S/C26H20S2/c1-25-17-7-3-9-19(25)23(21-11-5-15-27-21)24(22-12-6-16-28-22)20-10-4-8-18(14-13-17)26(20,25)2/h3-16H,1-2H3/t25-,26-/m0/s1. The molecule has 0 unspecified atom stereocenters. The van der Waals surface area contributed by atoms with Crippen LogP contribution in [0.1, 0.15) is 23.6 Å². The van der Waals surface area contributed by atoms with E-state index in [0.29, 0.717) is 0 Å². The average molecular weight is 397 g/mol. The molecule has 2 heteroatoms. The number of hydrogen-bond donors (Lipinski definition) is 0. The highest BCUT2D eigenvalue weighted by Crippen LogP contribution is 2.70. The third kappa shape index (κ3) is 1.81. The average Bonchev–Trinajstić information content (AvgIpc) is 3.40. The minimum absolute atomic E-state index is 0.0670. The lowest BCUT2D eigenvalue weighted by molar-refractivity contribution is 0.254. The zero-order valence-corrected chi connectivity index (χ0v) is 17.5. The van der Waals surface area contributed by atoms with Crippen molar-refractivity contribution in [3.63, 3.8) is 0 Å². The third-order valence-electron chi connectivity index (χ3n) is 7.08. The zero-order chi connectivity index (χ0) is 18.9. The van der Waals surface area contributed by atoms with E-state index in [1.165, 1.54) is 43.2 Å². The molecule has 0 radical (unpaired) electrons. The zero-order valence-electron chi connectivity index (χ0n) is 15.9. The van der Waals surface area contributed by atoms with Gasteiger partial charge in [0.05, 0.1) is 0 Å². The Kier molecular flexibility index (Phi) is 3.28. The van der Waals surface area contributed by atoms with Crippen LogP contribution in [0.25, 0.3) is 11.1 Å². The van der Waals surface area contributed by atoms with Crippen LogP contribution >= 0.6 is 22.7 Å². The van der Waals surface area contributed by atoms with E-state index in [1.807, 2.05) is 22.7 Å². The lowest BCUT2D eigenvalue weighted by Crippen LogP contribution is -2.48. The van der Waals surface area contributed by atoms with Gasteiger partial charge in [-0.25, -0.2) is 0 Å². The minimum Gasteiger partial charge on any atom is -0.144 e. The Morgan fingerprint density at radius 3 is 1.50 bits per heavy atom. The van der Waals surface area contributed by atoms with Gasteiger partial charge in [0, 0.05) is 31.7 Å². The first-order valence-electron chi connectivity index (χ1n) is 9.69. The molecule has 2 aromatic heterocycles. The molecule has 0 spiro atoms. The van der Waals surface area contributed by atoms with E-state index in [9.17, 15) is 0 Å². The second-order valence-corrected chi connectivity index (χ2v) is 9.97. The van der Waals surface area contributed by atoms with Gasteiger partial charge in [-0.3, -0.25) is 0 Å². The van der Waals surface area contributed by atoms with Gasteiger partial charge in [0.2, 0.25) is 0 Å². The predicted molar refractivity (Wildman–Crippen MR) is 122 cm³/mol. The van der Waals surface area contributed by atoms with Crippen molar-refractivity contribution in [2.24, 2.45) is 10.8 Å². The van der Waals surface area contributed by atoms with E-state index in [2.05, 4.69) is 97.5 Å². The molecule has 0 saturated heterocycles. The summed E-state index contributed by atoms with van der Waals surface area (Å²) in [5, 5.41) is 4.39. The predicted octanol–water partition coefficient (Wildman–Crippen LogP) is 7.61. The minimum atomic E-state index is -0.0670. The van der Waals surface area contributed by atoms with Gasteiger partial charge in [0.15, 0.2) is 0 Å². The van der Waals surface area contributed by atoms with Gasteiger partial charge in [-0.05, 0) is 45.2 Å². The molecule has 2 atom stereocenters. The van der Waals surface area contributed by atoms with Crippen molar-refractivity contribution < 1.29 is 0 Å². The SMILES string of the molecule is C[C@]12C3=CC=C4C=CC=C(C(c5cccs5)=C(c5cccs5)C1=CC=C3)[C@]42C. The van der Waals surface area contributed by atoms with E-state index in [0.717, 1.165) is 0 Å². The van der Waals surface area contributed by atoms with Crippen LogP contribution in [0.4, 0.5) is 0 Å². The first kappa shape index (κ1) is 16.5. The van der Waals surface area contributed by atoms with Crippen LogP contribution in [0, 0.1) is 10.8 Å². The van der Waals surface area contributed by atoms with E-state index in [4.69, 9.17) is 0 Å². The smallest absolute Gasteiger partial charge is 0.0352 e. The molecule has 0 bridgehead atoms. The summed E-state index contributed by atoms with van der Waals surface area (Å²) >= 11 is 3.69. The van der Waals surface area contributed by atoms with Gasteiger partial charge in [-0.2, -0.15) is 0 Å². The fourth-order valence-electron chi connectivity index (χ4n) is 5.50. The maximum absolute atomic E-state index is 2.45. The van der Waals surface area contributed by atoms with Crippen LogP contribution in [0.2, 0.25) is 0 Å². The molecular formula is C26H20S2. The third-order valence-corrected chi connectivity index (χ3v) is 8.85. The van der Waals surface area contributed by atoms with E-state index >= 15 is 0 Å². The second kappa shape index (κ2) is 5.56. The fraction of sp³-hybridized carbons (Fsp3) is 0.154. The fourth-order valence-corrected chi connectivity index (χ4v) is 7.08. The summed E-state index contributed by atoms with van der Waals surface area (Å²) in [6, 6.07) is 8.90. The van der Waals surface area contributed by atoms with Gasteiger partial charge >= 0.3 is 0 Å². The van der Waals surface area contributed by atoms with Gasteiger partial charge in [0.25, 0.3) is 0 Å². The molecule has 136 valence electrons. The molecule has 28 heavy (non-hydrogen) atoms. The summed E-state index contributed by atoms with van der Waals surface area (Å²) in [7, 11) is 0. The molecule has 4 aliphatic carbocycles. The molecule has 0 aliphatic heterocycles. The van der Waals surface area contributed by atoms with Crippen LogP contribution in [0.5, 0.6) is 0 Å². The Morgan fingerprint density at radius 1 is 0.643 bits per heavy atom. The number of thiophene rings is 2. The van der Waals surface area contributed by atoms with Crippen LogP contribution in [-0.2, 0) is 0 Å². The maximum atomic E-state index is 2.45. The maximum Gasteiger partial charge on any atom is 0.0352 e. The highest BCUT2D eigenvalue weighted by Gasteiger charge is 2.59. The second-order valence-electron chi connectivity index (χ2n) is 8.08. The van der Waals surface area contributed by atoms with Crippen LogP contribution in [0.3, 0.4) is 0 Å². The highest BCUT2D eigenvalue weighted by atomic mass is 32.1. The first-order chi connectivity index (χ1) is 13.7. The monoisotopic (exact) mass is 396 g/mol. The van der Waals surface area contributed by atoms with Crippen molar-refractivity contribution in [1.82, 2.24) is 0 Å². The summed E-state index contributed by atoms with van der Waals surface area (Å²) in [4.78, 5) is 2.72. The van der Waals surface area contributed by atoms with Crippen LogP contribution < -0.4 is 0 Å². The molecule has 0 fully saturated rings. The number of rotatable bonds is 2. The normalized spacial score (nSPS) is 29.8. The molecule has 2 heterocycles. The Hall–Kier alpha value is -2.42. The highest BCUT2D eigenvalue weighted by molar-refractivity contribution is 7.12. The van der Waals surface area contributed by atoms with Crippen molar-refractivity contribution in [2.45, 2.75) is 13.8 Å². The summed E-state index contributed by atoms with van der Waals surface area (Å²) in [6.07, 6.45) is 18.5.